The van der Waals surface area contributed by atoms with E-state index in [9.17, 15) is 9.59 Å². The Balaban J connectivity index is 1.44. The first kappa shape index (κ1) is 16.2. The Morgan fingerprint density at radius 3 is 2.48 bits per heavy atom. The Kier molecular flexibility index (Phi) is 5.44. The third-order valence-electron chi connectivity index (χ3n) is 4.98. The Morgan fingerprint density at radius 2 is 1.83 bits per heavy atom. The first-order chi connectivity index (χ1) is 11.2. The van der Waals surface area contributed by atoms with Crippen molar-refractivity contribution in [2.24, 2.45) is 5.92 Å². The number of carbonyl (C=O) groups is 2. The van der Waals surface area contributed by atoms with Crippen molar-refractivity contribution in [3.8, 4) is 0 Å². The molecule has 1 aromatic rings. The van der Waals surface area contributed by atoms with Gasteiger partial charge >= 0.3 is 0 Å². The molecule has 4 nitrogen and oxygen atoms in total. The largest absolute Gasteiger partial charge is 0.378 e. The predicted molar refractivity (Wildman–Crippen MR) is 88.3 cm³/mol. The fourth-order valence-corrected chi connectivity index (χ4v) is 3.54. The minimum Gasteiger partial charge on any atom is -0.378 e. The fraction of sp³-hybridized carbons (Fsp3) is 0.579. The number of hydrogen-bond donors (Lipinski definition) is 0. The van der Waals surface area contributed by atoms with Gasteiger partial charge in [-0.25, -0.2) is 0 Å². The molecule has 2 aliphatic heterocycles. The summed E-state index contributed by atoms with van der Waals surface area (Å²) in [4.78, 5) is 26.7. The summed E-state index contributed by atoms with van der Waals surface area (Å²) >= 11 is 0. The van der Waals surface area contributed by atoms with E-state index in [-0.39, 0.29) is 23.7 Å². The molecule has 124 valence electrons. The SMILES string of the molecule is O=C(c1ccccc1)C1CCN(C(=O)CCC2CCCO2)CC1. The van der Waals surface area contributed by atoms with Crippen LogP contribution in [0.25, 0.3) is 0 Å². The lowest BCUT2D eigenvalue weighted by Gasteiger charge is -2.31. The van der Waals surface area contributed by atoms with Crippen LogP contribution in [0.4, 0.5) is 0 Å². The molecule has 23 heavy (non-hydrogen) atoms. The van der Waals surface area contributed by atoms with Gasteiger partial charge in [0.05, 0.1) is 6.10 Å². The summed E-state index contributed by atoms with van der Waals surface area (Å²) in [5.74, 6) is 0.489. The van der Waals surface area contributed by atoms with E-state index in [0.717, 1.165) is 44.3 Å². The van der Waals surface area contributed by atoms with E-state index in [1.807, 2.05) is 35.2 Å². The molecule has 1 amide bonds. The summed E-state index contributed by atoms with van der Waals surface area (Å²) in [5, 5.41) is 0. The lowest BCUT2D eigenvalue weighted by Crippen LogP contribution is -2.40. The summed E-state index contributed by atoms with van der Waals surface area (Å²) in [6.45, 7) is 2.24. The zero-order valence-electron chi connectivity index (χ0n) is 13.6. The molecule has 1 unspecified atom stereocenters. The van der Waals surface area contributed by atoms with Crippen LogP contribution in [-0.2, 0) is 9.53 Å². The van der Waals surface area contributed by atoms with Crippen molar-refractivity contribution in [1.29, 1.82) is 0 Å². The maximum absolute atomic E-state index is 12.5. The van der Waals surface area contributed by atoms with Crippen LogP contribution in [-0.4, -0.2) is 42.4 Å². The average Bonchev–Trinajstić information content (AvgIpc) is 3.13. The highest BCUT2D eigenvalue weighted by Crippen LogP contribution is 2.23. The molecule has 3 rings (SSSR count). The number of piperidine rings is 1. The number of benzene rings is 1. The summed E-state index contributed by atoms with van der Waals surface area (Å²) < 4.78 is 5.57. The summed E-state index contributed by atoms with van der Waals surface area (Å²) in [6, 6.07) is 9.48. The molecule has 0 radical (unpaired) electrons. The lowest BCUT2D eigenvalue weighted by atomic mass is 9.89. The van der Waals surface area contributed by atoms with Crippen molar-refractivity contribution >= 4 is 11.7 Å². The van der Waals surface area contributed by atoms with E-state index in [2.05, 4.69) is 0 Å². The summed E-state index contributed by atoms with van der Waals surface area (Å²) in [6.07, 6.45) is 5.44. The normalized spacial score (nSPS) is 22.3. The van der Waals surface area contributed by atoms with E-state index in [1.54, 1.807) is 0 Å². The van der Waals surface area contributed by atoms with Crippen molar-refractivity contribution < 1.29 is 14.3 Å². The molecule has 2 aliphatic rings. The maximum atomic E-state index is 12.5. The van der Waals surface area contributed by atoms with Crippen LogP contribution in [0.3, 0.4) is 0 Å². The summed E-state index contributed by atoms with van der Waals surface area (Å²) in [7, 11) is 0. The number of rotatable bonds is 5. The molecule has 0 spiro atoms. The number of ketones is 1. The second kappa shape index (κ2) is 7.73. The second-order valence-electron chi connectivity index (χ2n) is 6.56. The number of carbonyl (C=O) groups excluding carboxylic acids is 2. The lowest BCUT2D eigenvalue weighted by molar-refractivity contribution is -0.133. The molecule has 0 saturated carbocycles. The highest BCUT2D eigenvalue weighted by atomic mass is 16.5. The maximum Gasteiger partial charge on any atom is 0.222 e. The Bertz CT molecular complexity index is 529. The van der Waals surface area contributed by atoms with Crippen LogP contribution >= 0.6 is 0 Å². The topological polar surface area (TPSA) is 46.6 Å². The number of nitrogens with zero attached hydrogens (tertiary/aromatic N) is 1. The quantitative estimate of drug-likeness (QED) is 0.785. The van der Waals surface area contributed by atoms with Gasteiger partial charge in [-0.05, 0) is 32.1 Å². The van der Waals surface area contributed by atoms with Gasteiger partial charge in [-0.1, -0.05) is 30.3 Å². The molecule has 4 heteroatoms. The number of hydrogen-bond acceptors (Lipinski definition) is 3. The van der Waals surface area contributed by atoms with Crippen molar-refractivity contribution in [1.82, 2.24) is 4.90 Å². The van der Waals surface area contributed by atoms with Gasteiger partial charge in [-0.3, -0.25) is 9.59 Å². The van der Waals surface area contributed by atoms with Crippen LogP contribution in [0.1, 0.15) is 48.9 Å². The van der Waals surface area contributed by atoms with Gasteiger partial charge in [-0.15, -0.1) is 0 Å². The van der Waals surface area contributed by atoms with Crippen molar-refractivity contribution in [2.45, 2.75) is 44.6 Å². The minimum atomic E-state index is 0.0552. The van der Waals surface area contributed by atoms with Gasteiger partial charge in [0.2, 0.25) is 5.91 Å². The zero-order chi connectivity index (χ0) is 16.1. The number of amides is 1. The molecule has 2 saturated heterocycles. The van der Waals surface area contributed by atoms with Gasteiger partial charge in [-0.2, -0.15) is 0 Å². The smallest absolute Gasteiger partial charge is 0.222 e. The first-order valence-corrected chi connectivity index (χ1v) is 8.72. The van der Waals surface area contributed by atoms with Crippen LogP contribution in [0.5, 0.6) is 0 Å². The van der Waals surface area contributed by atoms with E-state index in [4.69, 9.17) is 4.74 Å². The minimum absolute atomic E-state index is 0.0552. The molecule has 0 aliphatic carbocycles. The van der Waals surface area contributed by atoms with E-state index in [1.165, 1.54) is 0 Å². The molecule has 1 aromatic carbocycles. The fourth-order valence-electron chi connectivity index (χ4n) is 3.54. The monoisotopic (exact) mass is 315 g/mol. The Morgan fingerprint density at radius 1 is 1.09 bits per heavy atom. The first-order valence-electron chi connectivity index (χ1n) is 8.72. The third kappa shape index (κ3) is 4.20. The van der Waals surface area contributed by atoms with Gasteiger partial charge in [0.1, 0.15) is 0 Å². The second-order valence-corrected chi connectivity index (χ2v) is 6.56. The van der Waals surface area contributed by atoms with Crippen LogP contribution in [0.15, 0.2) is 30.3 Å². The van der Waals surface area contributed by atoms with Crippen molar-refractivity contribution in [2.75, 3.05) is 19.7 Å². The molecular weight excluding hydrogens is 290 g/mol. The molecule has 1 atom stereocenters. The van der Waals surface area contributed by atoms with Crippen molar-refractivity contribution in [3.63, 3.8) is 0 Å². The standard InChI is InChI=1S/C19H25NO3/c21-18(9-8-17-7-4-14-23-17)20-12-10-16(11-13-20)19(22)15-5-2-1-3-6-15/h1-3,5-6,16-17H,4,7-14H2. The molecule has 2 fully saturated rings. The van der Waals surface area contributed by atoms with Crippen LogP contribution < -0.4 is 0 Å². The number of likely N-dealkylation sites (tertiary alicyclic amines) is 1. The summed E-state index contributed by atoms with van der Waals surface area (Å²) in [5.41, 5.74) is 0.788. The average molecular weight is 315 g/mol. The van der Waals surface area contributed by atoms with Crippen LogP contribution in [0.2, 0.25) is 0 Å². The molecular formula is C19H25NO3. The highest BCUT2D eigenvalue weighted by Gasteiger charge is 2.28. The van der Waals surface area contributed by atoms with Gasteiger partial charge in [0.15, 0.2) is 5.78 Å². The van der Waals surface area contributed by atoms with E-state index < -0.39 is 0 Å². The molecule has 0 N–H and O–H groups in total. The predicted octanol–water partition coefficient (Wildman–Crippen LogP) is 3.07. The van der Waals surface area contributed by atoms with E-state index in [0.29, 0.717) is 19.5 Å². The highest BCUT2D eigenvalue weighted by molar-refractivity contribution is 5.98. The molecule has 2 heterocycles. The third-order valence-corrected chi connectivity index (χ3v) is 4.98. The van der Waals surface area contributed by atoms with Gasteiger partial charge < -0.3 is 9.64 Å². The Hall–Kier alpha value is -1.68. The number of Topliss-reactive ketones (excluding diaryl/α,β-unsaturated/α-hetero) is 1. The molecule has 0 aromatic heterocycles. The van der Waals surface area contributed by atoms with Crippen LogP contribution in [0, 0.1) is 5.92 Å². The number of ether oxygens (including phenoxy) is 1. The zero-order valence-corrected chi connectivity index (χ0v) is 13.6. The van der Waals surface area contributed by atoms with Crippen molar-refractivity contribution in [3.05, 3.63) is 35.9 Å². The molecule has 0 bridgehead atoms. The Labute approximate surface area is 137 Å². The van der Waals surface area contributed by atoms with Gasteiger partial charge in [0, 0.05) is 37.6 Å². The van der Waals surface area contributed by atoms with E-state index >= 15 is 0 Å². The van der Waals surface area contributed by atoms with Gasteiger partial charge in [0.25, 0.3) is 0 Å².